The summed E-state index contributed by atoms with van der Waals surface area (Å²) in [4.78, 5) is 11.3. The van der Waals surface area contributed by atoms with Crippen molar-refractivity contribution in [1.82, 2.24) is 10.2 Å². The number of halogens is 4. The molecule has 0 amide bonds. The molecule has 2 rings (SSSR count). The van der Waals surface area contributed by atoms with E-state index in [1.165, 1.54) is 18.2 Å². The van der Waals surface area contributed by atoms with Crippen molar-refractivity contribution in [3.63, 3.8) is 0 Å². The Morgan fingerprint density at radius 3 is 2.60 bits per heavy atom. The van der Waals surface area contributed by atoms with Crippen molar-refractivity contribution in [3.05, 3.63) is 33.8 Å². The first-order valence-electron chi connectivity index (χ1n) is 4.89. The molecule has 0 spiro atoms. The normalized spacial score (nSPS) is 11.6. The van der Waals surface area contributed by atoms with Gasteiger partial charge in [0.15, 0.2) is 4.34 Å². The van der Waals surface area contributed by atoms with Gasteiger partial charge in [-0.3, -0.25) is 0 Å². The minimum absolute atomic E-state index is 0.0510. The highest BCUT2D eigenvalue weighted by molar-refractivity contribution is 8.01. The van der Waals surface area contributed by atoms with Crippen molar-refractivity contribution in [1.29, 1.82) is 0 Å². The molecule has 1 heterocycles. The van der Waals surface area contributed by atoms with Crippen LogP contribution in [-0.4, -0.2) is 21.3 Å². The third kappa shape index (κ3) is 3.41. The molecule has 1 aromatic carbocycles. The third-order valence-electron chi connectivity index (χ3n) is 2.02. The number of aromatic carboxylic acids is 1. The Morgan fingerprint density at radius 2 is 2.05 bits per heavy atom. The molecule has 2 aromatic rings. The van der Waals surface area contributed by atoms with Crippen molar-refractivity contribution < 1.29 is 23.1 Å². The van der Waals surface area contributed by atoms with Crippen LogP contribution in [0.1, 0.15) is 15.4 Å². The molecule has 1 aromatic heterocycles. The SMILES string of the molecule is O=C(O)c1cc(Sc2nnc(C(F)(F)F)s2)ccc1Cl. The standard InChI is InChI=1S/C10H4ClF3N2O2S2/c11-6-2-1-4(3-5(6)7(17)18)19-9-16-15-8(20-9)10(12,13)14/h1-3H,(H,17,18). The summed E-state index contributed by atoms with van der Waals surface area (Å²) in [6, 6.07) is 4.12. The highest BCUT2D eigenvalue weighted by atomic mass is 35.5. The third-order valence-corrected chi connectivity index (χ3v) is 4.36. The second-order valence-corrected chi connectivity index (χ2v) is 6.13. The highest BCUT2D eigenvalue weighted by Crippen LogP contribution is 2.37. The number of benzene rings is 1. The smallest absolute Gasteiger partial charge is 0.445 e. The molecule has 0 radical (unpaired) electrons. The molecule has 0 atom stereocenters. The van der Waals surface area contributed by atoms with Crippen LogP contribution in [0.25, 0.3) is 0 Å². The molecule has 0 unspecified atom stereocenters. The Balaban J connectivity index is 2.24. The second-order valence-electron chi connectivity index (χ2n) is 3.42. The van der Waals surface area contributed by atoms with Crippen LogP contribution in [-0.2, 0) is 6.18 Å². The van der Waals surface area contributed by atoms with E-state index in [1.54, 1.807) is 0 Å². The van der Waals surface area contributed by atoms with Crippen LogP contribution in [0.4, 0.5) is 13.2 Å². The number of nitrogens with zero attached hydrogens (tertiary/aromatic N) is 2. The molecule has 0 bridgehead atoms. The fourth-order valence-corrected chi connectivity index (χ4v) is 3.13. The van der Waals surface area contributed by atoms with Crippen LogP contribution in [0.3, 0.4) is 0 Å². The monoisotopic (exact) mass is 340 g/mol. The minimum Gasteiger partial charge on any atom is -0.478 e. The van der Waals surface area contributed by atoms with Gasteiger partial charge >= 0.3 is 12.1 Å². The summed E-state index contributed by atoms with van der Waals surface area (Å²) in [7, 11) is 0. The molecule has 20 heavy (non-hydrogen) atoms. The molecule has 0 aliphatic rings. The lowest BCUT2D eigenvalue weighted by molar-refractivity contribution is -0.138. The number of aromatic nitrogens is 2. The summed E-state index contributed by atoms with van der Waals surface area (Å²) in [5.41, 5.74) is -0.128. The van der Waals surface area contributed by atoms with E-state index in [9.17, 15) is 18.0 Å². The Hall–Kier alpha value is -1.32. The average molecular weight is 341 g/mol. The first-order valence-corrected chi connectivity index (χ1v) is 6.90. The largest absolute Gasteiger partial charge is 0.478 e. The molecule has 10 heteroatoms. The maximum atomic E-state index is 12.4. The Morgan fingerprint density at radius 1 is 1.35 bits per heavy atom. The van der Waals surface area contributed by atoms with Gasteiger partial charge in [-0.05, 0) is 18.2 Å². The number of rotatable bonds is 3. The van der Waals surface area contributed by atoms with Crippen LogP contribution < -0.4 is 0 Å². The fourth-order valence-electron chi connectivity index (χ4n) is 1.20. The molecule has 0 fully saturated rings. The number of carbonyl (C=O) groups is 1. The van der Waals surface area contributed by atoms with Gasteiger partial charge in [0.25, 0.3) is 0 Å². The maximum Gasteiger partial charge on any atom is 0.445 e. The van der Waals surface area contributed by atoms with Gasteiger partial charge in [0, 0.05) is 4.90 Å². The predicted octanol–water partition coefficient (Wildman–Crippen LogP) is 4.06. The number of hydrogen-bond donors (Lipinski definition) is 1. The Kier molecular flexibility index (Phi) is 4.21. The summed E-state index contributed by atoms with van der Waals surface area (Å²) >= 11 is 6.97. The number of alkyl halides is 3. The zero-order valence-electron chi connectivity index (χ0n) is 9.31. The van der Waals surface area contributed by atoms with Crippen molar-refractivity contribution in [2.45, 2.75) is 15.4 Å². The molecule has 0 saturated carbocycles. The molecule has 0 aliphatic heterocycles. The Labute approximate surface area is 123 Å². The second kappa shape index (κ2) is 5.58. The molecule has 0 aliphatic carbocycles. The van der Waals surface area contributed by atoms with Crippen LogP contribution in [0, 0.1) is 0 Å². The summed E-state index contributed by atoms with van der Waals surface area (Å²) in [6.45, 7) is 0. The number of hydrogen-bond acceptors (Lipinski definition) is 5. The summed E-state index contributed by atoms with van der Waals surface area (Å²) in [5.74, 6) is -1.22. The van der Waals surface area contributed by atoms with Gasteiger partial charge in [-0.1, -0.05) is 34.7 Å². The number of carboxylic acid groups (broad SMARTS) is 1. The highest BCUT2D eigenvalue weighted by Gasteiger charge is 2.35. The van der Waals surface area contributed by atoms with Crippen molar-refractivity contribution in [3.8, 4) is 0 Å². The van der Waals surface area contributed by atoms with E-state index in [4.69, 9.17) is 16.7 Å². The minimum atomic E-state index is -4.54. The lowest BCUT2D eigenvalue weighted by Crippen LogP contribution is -2.03. The van der Waals surface area contributed by atoms with Gasteiger partial charge in [0.1, 0.15) is 0 Å². The topological polar surface area (TPSA) is 63.1 Å². The van der Waals surface area contributed by atoms with E-state index in [0.29, 0.717) is 16.2 Å². The van der Waals surface area contributed by atoms with E-state index in [2.05, 4.69) is 10.2 Å². The van der Waals surface area contributed by atoms with Crippen LogP contribution in [0.5, 0.6) is 0 Å². The molecule has 4 nitrogen and oxygen atoms in total. The van der Waals surface area contributed by atoms with Crippen LogP contribution in [0.15, 0.2) is 27.4 Å². The summed E-state index contributed by atoms with van der Waals surface area (Å²) in [6.07, 6.45) is -4.54. The summed E-state index contributed by atoms with van der Waals surface area (Å²) < 4.78 is 37.2. The van der Waals surface area contributed by atoms with Gasteiger partial charge in [-0.15, -0.1) is 10.2 Å². The molecular formula is C10H4ClF3N2O2S2. The lowest BCUT2D eigenvalue weighted by atomic mass is 10.2. The first kappa shape index (κ1) is 15.1. The van der Waals surface area contributed by atoms with Gasteiger partial charge in [0.05, 0.1) is 10.6 Å². The van der Waals surface area contributed by atoms with Crippen LogP contribution >= 0.6 is 34.7 Å². The predicted molar refractivity (Wildman–Crippen MR) is 67.4 cm³/mol. The first-order chi connectivity index (χ1) is 9.27. The fraction of sp³-hybridized carbons (Fsp3) is 0.100. The lowest BCUT2D eigenvalue weighted by Gasteiger charge is -2.02. The van der Waals surface area contributed by atoms with Crippen molar-refractivity contribution in [2.75, 3.05) is 0 Å². The average Bonchev–Trinajstić information content (AvgIpc) is 2.79. The van der Waals surface area contributed by atoms with Gasteiger partial charge in [-0.25, -0.2) is 4.79 Å². The zero-order chi connectivity index (χ0) is 14.9. The quantitative estimate of drug-likeness (QED) is 0.912. The van der Waals surface area contributed by atoms with E-state index in [0.717, 1.165) is 11.8 Å². The summed E-state index contributed by atoms with van der Waals surface area (Å²) in [5, 5.41) is 14.3. The number of carboxylic acids is 1. The molecule has 0 saturated heterocycles. The van der Waals surface area contributed by atoms with E-state index >= 15 is 0 Å². The van der Waals surface area contributed by atoms with Gasteiger partial charge in [0.2, 0.25) is 5.01 Å². The van der Waals surface area contributed by atoms with Crippen LogP contribution in [0.2, 0.25) is 5.02 Å². The van der Waals surface area contributed by atoms with E-state index in [1.807, 2.05) is 0 Å². The molecular weight excluding hydrogens is 337 g/mol. The zero-order valence-corrected chi connectivity index (χ0v) is 11.7. The van der Waals surface area contributed by atoms with Crippen molar-refractivity contribution >= 4 is 40.7 Å². The molecule has 106 valence electrons. The van der Waals surface area contributed by atoms with E-state index in [-0.39, 0.29) is 14.9 Å². The van der Waals surface area contributed by atoms with Crippen molar-refractivity contribution in [2.24, 2.45) is 0 Å². The Bertz CT molecular complexity index is 660. The molecule has 1 N–H and O–H groups in total. The van der Waals surface area contributed by atoms with Gasteiger partial charge < -0.3 is 5.11 Å². The maximum absolute atomic E-state index is 12.4. The van der Waals surface area contributed by atoms with E-state index < -0.39 is 17.2 Å². The van der Waals surface area contributed by atoms with Gasteiger partial charge in [-0.2, -0.15) is 13.2 Å².